The third kappa shape index (κ3) is 5.99. The summed E-state index contributed by atoms with van der Waals surface area (Å²) in [6.07, 6.45) is -2.40. The summed E-state index contributed by atoms with van der Waals surface area (Å²) < 4.78 is 24.3. The van der Waals surface area contributed by atoms with E-state index in [1.807, 2.05) is 0 Å². The maximum Gasteiger partial charge on any atom is 0.302 e. The van der Waals surface area contributed by atoms with E-state index >= 15 is 0 Å². The summed E-state index contributed by atoms with van der Waals surface area (Å²) in [6, 6.07) is 0. The molecule has 0 aromatic carbocycles. The molecular weight excluding hydrogens is 672 g/mol. The molecule has 52 heavy (non-hydrogen) atoms. The van der Waals surface area contributed by atoms with Gasteiger partial charge in [0.25, 0.3) is 0 Å². The Morgan fingerprint density at radius 3 is 2.17 bits per heavy atom. The van der Waals surface area contributed by atoms with Gasteiger partial charge >= 0.3 is 11.9 Å². The fraction of sp³-hybridized carbons (Fsp3) is 0.950. The lowest BCUT2D eigenvalue weighted by atomic mass is 9.37. The minimum Gasteiger partial charge on any atom is -0.463 e. The van der Waals surface area contributed by atoms with Crippen LogP contribution in [-0.2, 0) is 28.5 Å². The van der Waals surface area contributed by atoms with Crippen molar-refractivity contribution >= 4 is 11.9 Å². The van der Waals surface area contributed by atoms with E-state index in [9.17, 15) is 40.2 Å². The summed E-state index contributed by atoms with van der Waals surface area (Å²) in [5, 5.41) is 65.2. The van der Waals surface area contributed by atoms with Crippen LogP contribution >= 0.6 is 0 Å². The van der Waals surface area contributed by atoms with Gasteiger partial charge in [-0.3, -0.25) is 9.59 Å². The molecule has 12 nitrogen and oxygen atoms in total. The Labute approximate surface area is 308 Å². The SMILES string of the molecule is CC(=O)OCC1O[C@@H](O[C@@H]2C[C@H]3C(C)(C)[C@H](OC(C)=O)CC[C@]3(C)[C@H]3CC[C@]45C[C@]4(CC[C@H]5[C@@H](C)C[C@@H](O)[C@H](O)C(C)(C)O)[C@@]32C)[C@H](O)[C@@H](O)[C@@H]1O. The van der Waals surface area contributed by atoms with Crippen molar-refractivity contribution in [2.24, 2.45) is 50.7 Å². The van der Waals surface area contributed by atoms with Crippen molar-refractivity contribution < 1.29 is 59.2 Å². The number of hydrogen-bond donors (Lipinski definition) is 6. The maximum atomic E-state index is 12.3. The Bertz CT molecular complexity index is 1360. The highest BCUT2D eigenvalue weighted by Crippen LogP contribution is 2.91. The van der Waals surface area contributed by atoms with Crippen LogP contribution in [0.2, 0.25) is 0 Å². The lowest BCUT2D eigenvalue weighted by molar-refractivity contribution is -0.344. The third-order valence-electron chi connectivity index (χ3n) is 16.2. The van der Waals surface area contributed by atoms with Crippen LogP contribution in [0.25, 0.3) is 0 Å². The molecule has 0 bridgehead atoms. The van der Waals surface area contributed by atoms with Gasteiger partial charge in [-0.15, -0.1) is 0 Å². The number of ether oxygens (including phenoxy) is 4. The van der Waals surface area contributed by atoms with Crippen LogP contribution in [0.5, 0.6) is 0 Å². The normalized spacial score (nSPS) is 48.2. The summed E-state index contributed by atoms with van der Waals surface area (Å²) in [6.45, 7) is 16.7. The van der Waals surface area contributed by atoms with Crippen LogP contribution in [0.15, 0.2) is 0 Å². The zero-order valence-electron chi connectivity index (χ0n) is 32.7. The van der Waals surface area contributed by atoms with E-state index in [2.05, 4.69) is 34.6 Å². The highest BCUT2D eigenvalue weighted by Gasteiger charge is 2.85. The predicted molar refractivity (Wildman–Crippen MR) is 188 cm³/mol. The lowest BCUT2D eigenvalue weighted by Gasteiger charge is -2.69. The molecular formula is C40H66O12. The van der Waals surface area contributed by atoms with Crippen LogP contribution in [0.4, 0.5) is 0 Å². The second-order valence-corrected chi connectivity index (χ2v) is 19.5. The van der Waals surface area contributed by atoms with Crippen LogP contribution in [0.3, 0.4) is 0 Å². The number of hydrogen-bond acceptors (Lipinski definition) is 12. The van der Waals surface area contributed by atoms with Gasteiger partial charge in [0.2, 0.25) is 0 Å². The number of carbonyl (C=O) groups excluding carboxylic acids is 2. The van der Waals surface area contributed by atoms with Crippen molar-refractivity contribution in [1.29, 1.82) is 0 Å². The van der Waals surface area contributed by atoms with Crippen molar-refractivity contribution in [3.8, 4) is 0 Å². The van der Waals surface area contributed by atoms with Crippen LogP contribution < -0.4 is 0 Å². The topological polar surface area (TPSA) is 192 Å². The van der Waals surface area contributed by atoms with Gasteiger partial charge in [0.15, 0.2) is 6.29 Å². The largest absolute Gasteiger partial charge is 0.463 e. The lowest BCUT2D eigenvalue weighted by Crippen LogP contribution is -2.68. The summed E-state index contributed by atoms with van der Waals surface area (Å²) in [7, 11) is 0. The van der Waals surface area contributed by atoms with E-state index in [0.29, 0.717) is 18.8 Å². The number of aliphatic hydroxyl groups is 6. The second kappa shape index (κ2) is 13.4. The Kier molecular flexibility index (Phi) is 10.4. The van der Waals surface area contributed by atoms with Crippen molar-refractivity contribution in [1.82, 2.24) is 0 Å². The van der Waals surface area contributed by atoms with Gasteiger partial charge in [-0.05, 0) is 112 Å². The molecule has 6 N–H and O–H groups in total. The van der Waals surface area contributed by atoms with Crippen molar-refractivity contribution in [3.63, 3.8) is 0 Å². The summed E-state index contributed by atoms with van der Waals surface area (Å²) in [4.78, 5) is 23.9. The van der Waals surface area contributed by atoms with E-state index in [4.69, 9.17) is 18.9 Å². The molecule has 0 radical (unpaired) electrons. The quantitative estimate of drug-likeness (QED) is 0.142. The molecule has 1 aliphatic heterocycles. The Balaban J connectivity index is 1.36. The van der Waals surface area contributed by atoms with E-state index in [-0.39, 0.29) is 63.5 Å². The molecule has 6 rings (SSSR count). The smallest absolute Gasteiger partial charge is 0.302 e. The van der Waals surface area contributed by atoms with Gasteiger partial charge < -0.3 is 49.6 Å². The fourth-order valence-corrected chi connectivity index (χ4v) is 13.7. The van der Waals surface area contributed by atoms with Gasteiger partial charge in [0, 0.05) is 24.7 Å². The molecule has 1 unspecified atom stereocenters. The first kappa shape index (κ1) is 40.3. The predicted octanol–water partition coefficient (Wildman–Crippen LogP) is 3.24. The Morgan fingerprint density at radius 2 is 1.56 bits per heavy atom. The number of carbonyl (C=O) groups is 2. The van der Waals surface area contributed by atoms with E-state index in [1.165, 1.54) is 27.7 Å². The molecule has 0 spiro atoms. The third-order valence-corrected chi connectivity index (χ3v) is 16.2. The molecule has 6 fully saturated rings. The number of fused-ring (bicyclic) bond motifs is 3. The first-order valence-corrected chi connectivity index (χ1v) is 19.7. The molecule has 1 heterocycles. The van der Waals surface area contributed by atoms with Crippen molar-refractivity contribution in [2.75, 3.05) is 6.61 Å². The number of aliphatic hydroxyl groups excluding tert-OH is 5. The zero-order chi connectivity index (χ0) is 38.6. The number of rotatable bonds is 10. The summed E-state index contributed by atoms with van der Waals surface area (Å²) in [5.74, 6) is -0.142. The van der Waals surface area contributed by atoms with Gasteiger partial charge in [-0.1, -0.05) is 34.6 Å². The van der Waals surface area contributed by atoms with Gasteiger partial charge in [-0.25, -0.2) is 0 Å². The standard InChI is InChI=1S/C40H66O12/c1-20(16-24(43)33(47)36(6,7)48)23-10-15-40-19-39(23,40)14-11-26-37(8)13-12-28(50-22(3)42)35(4,5)27(37)17-29(38(26,40)9)52-34-32(46)31(45)30(44)25(51-34)18-49-21(2)41/h20,23-34,43-48H,10-19H2,1-9H3/t20-,23-,24+,25?,26+,27-,28+,29+,30+,31-,32+,33-,34-,37+,38-,39+,40+/m0/s1. The Morgan fingerprint density at radius 1 is 0.885 bits per heavy atom. The molecule has 17 atom stereocenters. The van der Waals surface area contributed by atoms with Crippen molar-refractivity contribution in [3.05, 3.63) is 0 Å². The van der Waals surface area contributed by atoms with Crippen LogP contribution in [0.1, 0.15) is 120 Å². The average Bonchev–Trinajstić information content (AvgIpc) is 3.61. The van der Waals surface area contributed by atoms with E-state index < -0.39 is 60.6 Å². The van der Waals surface area contributed by atoms with Crippen molar-refractivity contribution in [2.45, 2.75) is 181 Å². The molecule has 5 aliphatic carbocycles. The highest BCUT2D eigenvalue weighted by atomic mass is 16.7. The Hall–Kier alpha value is -1.38. The van der Waals surface area contributed by atoms with E-state index in [0.717, 1.165) is 44.9 Å². The van der Waals surface area contributed by atoms with Crippen LogP contribution in [-0.4, -0.2) is 110 Å². The first-order chi connectivity index (χ1) is 24.0. The zero-order valence-corrected chi connectivity index (χ0v) is 32.7. The molecule has 0 aromatic heterocycles. The monoisotopic (exact) mass is 738 g/mol. The first-order valence-electron chi connectivity index (χ1n) is 19.7. The van der Waals surface area contributed by atoms with Crippen LogP contribution in [0, 0.1) is 50.7 Å². The average molecular weight is 739 g/mol. The molecule has 6 aliphatic rings. The second-order valence-electron chi connectivity index (χ2n) is 19.5. The molecule has 1 saturated heterocycles. The summed E-state index contributed by atoms with van der Waals surface area (Å²) >= 11 is 0. The molecule has 5 saturated carbocycles. The van der Waals surface area contributed by atoms with Gasteiger partial charge in [-0.2, -0.15) is 0 Å². The molecule has 12 heteroatoms. The molecule has 298 valence electrons. The highest BCUT2D eigenvalue weighted by molar-refractivity contribution is 5.66. The van der Waals surface area contributed by atoms with Gasteiger partial charge in [0.1, 0.15) is 43.2 Å². The molecule has 0 aromatic rings. The summed E-state index contributed by atoms with van der Waals surface area (Å²) in [5.41, 5.74) is -2.38. The minimum absolute atomic E-state index is 0.00590. The van der Waals surface area contributed by atoms with E-state index in [1.54, 1.807) is 0 Å². The molecule has 0 amide bonds. The van der Waals surface area contributed by atoms with Gasteiger partial charge in [0.05, 0.1) is 17.8 Å². The maximum absolute atomic E-state index is 12.3. The minimum atomic E-state index is -1.58. The number of esters is 2. The fourth-order valence-electron chi connectivity index (χ4n) is 13.7.